The van der Waals surface area contributed by atoms with E-state index in [0.717, 1.165) is 12.1 Å². The summed E-state index contributed by atoms with van der Waals surface area (Å²) in [6, 6.07) is 7.57. The molecular formula is C21H21ClF2N2O4S. The SMILES string of the molecule is NCC(=O)c1ccc(CN(C(=O)C2CCS(=O)(=O)CC2)c2ccc(F)c(Cl)c2)c(F)c1. The van der Waals surface area contributed by atoms with E-state index in [1.54, 1.807) is 0 Å². The van der Waals surface area contributed by atoms with Crippen LogP contribution in [0.15, 0.2) is 36.4 Å². The van der Waals surface area contributed by atoms with E-state index in [2.05, 4.69) is 0 Å². The van der Waals surface area contributed by atoms with Gasteiger partial charge in [-0.1, -0.05) is 23.7 Å². The third-order valence-corrected chi connectivity index (χ3v) is 7.28. The van der Waals surface area contributed by atoms with Crippen molar-refractivity contribution in [3.8, 4) is 0 Å². The first-order valence-electron chi connectivity index (χ1n) is 9.60. The molecule has 0 saturated carbocycles. The fraction of sp³-hybridized carbons (Fsp3) is 0.333. The first kappa shape index (κ1) is 23.3. The summed E-state index contributed by atoms with van der Waals surface area (Å²) in [7, 11) is -3.18. The van der Waals surface area contributed by atoms with Gasteiger partial charge in [-0.25, -0.2) is 17.2 Å². The lowest BCUT2D eigenvalue weighted by molar-refractivity contribution is -0.122. The molecule has 0 atom stereocenters. The number of hydrogen-bond acceptors (Lipinski definition) is 5. The molecule has 10 heteroatoms. The zero-order chi connectivity index (χ0) is 22.8. The number of amides is 1. The Morgan fingerprint density at radius 3 is 2.32 bits per heavy atom. The zero-order valence-electron chi connectivity index (χ0n) is 16.5. The molecule has 1 aliphatic rings. The largest absolute Gasteiger partial charge is 0.324 e. The van der Waals surface area contributed by atoms with Crippen LogP contribution in [0.2, 0.25) is 5.02 Å². The summed E-state index contributed by atoms with van der Waals surface area (Å²) in [5, 5.41) is -0.203. The topological polar surface area (TPSA) is 97.5 Å². The zero-order valence-corrected chi connectivity index (χ0v) is 18.1. The lowest BCUT2D eigenvalue weighted by Gasteiger charge is -2.30. The number of nitrogens with zero attached hydrogens (tertiary/aromatic N) is 1. The molecule has 1 heterocycles. The molecule has 166 valence electrons. The average Bonchev–Trinajstić information content (AvgIpc) is 2.74. The van der Waals surface area contributed by atoms with E-state index in [1.165, 1.54) is 29.2 Å². The van der Waals surface area contributed by atoms with Crippen molar-refractivity contribution in [1.82, 2.24) is 0 Å². The van der Waals surface area contributed by atoms with Crippen molar-refractivity contribution in [2.75, 3.05) is 23.0 Å². The standard InChI is InChI=1S/C21H21ClF2N2O4S/c22-17-10-16(3-4-18(17)23)26(21(28)13-5-7-31(29,30)8-6-13)12-15-2-1-14(9-19(15)24)20(27)11-25/h1-4,9-10,13H,5-8,11-12,25H2. The maximum absolute atomic E-state index is 14.7. The summed E-state index contributed by atoms with van der Waals surface area (Å²) >= 11 is 5.88. The molecule has 0 unspecified atom stereocenters. The first-order chi connectivity index (χ1) is 14.6. The quantitative estimate of drug-likeness (QED) is 0.654. The third kappa shape index (κ3) is 5.47. The number of carbonyl (C=O) groups is 2. The lowest BCUT2D eigenvalue weighted by atomic mass is 9.99. The van der Waals surface area contributed by atoms with Crippen LogP contribution in [-0.4, -0.2) is 38.2 Å². The summed E-state index contributed by atoms with van der Waals surface area (Å²) in [5.41, 5.74) is 5.81. The Kier molecular flexibility index (Phi) is 7.08. The molecule has 0 spiro atoms. The Balaban J connectivity index is 1.93. The van der Waals surface area contributed by atoms with E-state index >= 15 is 0 Å². The Labute approximate surface area is 183 Å². The number of benzene rings is 2. The Morgan fingerprint density at radius 2 is 1.74 bits per heavy atom. The van der Waals surface area contributed by atoms with Gasteiger partial charge in [-0.15, -0.1) is 0 Å². The molecule has 6 nitrogen and oxygen atoms in total. The summed E-state index contributed by atoms with van der Waals surface area (Å²) < 4.78 is 51.8. The number of ketones is 1. The molecule has 0 radical (unpaired) electrons. The monoisotopic (exact) mass is 470 g/mol. The number of Topliss-reactive ketones (excluding diaryl/α,β-unsaturated/α-hetero) is 1. The van der Waals surface area contributed by atoms with Crippen molar-refractivity contribution in [1.29, 1.82) is 0 Å². The van der Waals surface area contributed by atoms with Gasteiger partial charge >= 0.3 is 0 Å². The van der Waals surface area contributed by atoms with Crippen molar-refractivity contribution in [3.63, 3.8) is 0 Å². The maximum Gasteiger partial charge on any atom is 0.230 e. The molecule has 0 aromatic heterocycles. The maximum atomic E-state index is 14.7. The Morgan fingerprint density at radius 1 is 1.06 bits per heavy atom. The highest BCUT2D eigenvalue weighted by molar-refractivity contribution is 7.91. The van der Waals surface area contributed by atoms with Crippen molar-refractivity contribution < 1.29 is 26.8 Å². The number of rotatable bonds is 6. The van der Waals surface area contributed by atoms with Crippen LogP contribution >= 0.6 is 11.6 Å². The van der Waals surface area contributed by atoms with Gasteiger partial charge in [-0.2, -0.15) is 0 Å². The fourth-order valence-corrected chi connectivity index (χ4v) is 5.11. The van der Waals surface area contributed by atoms with Gasteiger partial charge in [0.1, 0.15) is 21.5 Å². The summed E-state index contributed by atoms with van der Waals surface area (Å²) in [6.45, 7) is -0.463. The number of carbonyl (C=O) groups excluding carboxylic acids is 2. The number of anilines is 1. The number of hydrogen-bond donors (Lipinski definition) is 1. The predicted molar refractivity (Wildman–Crippen MR) is 114 cm³/mol. The molecule has 3 rings (SSSR count). The van der Waals surface area contributed by atoms with E-state index in [1.807, 2.05) is 0 Å². The normalized spacial score (nSPS) is 16.1. The molecule has 1 aliphatic heterocycles. The summed E-state index contributed by atoms with van der Waals surface area (Å²) in [5.74, 6) is -2.98. The molecule has 1 amide bonds. The second-order valence-corrected chi connectivity index (χ2v) is 10.1. The minimum absolute atomic E-state index is 0.105. The minimum atomic E-state index is -3.18. The van der Waals surface area contributed by atoms with E-state index in [9.17, 15) is 26.8 Å². The highest BCUT2D eigenvalue weighted by Crippen LogP contribution is 2.29. The first-order valence-corrected chi connectivity index (χ1v) is 11.8. The van der Waals surface area contributed by atoms with Crippen LogP contribution in [0.3, 0.4) is 0 Å². The van der Waals surface area contributed by atoms with Gasteiger partial charge in [-0.05, 0) is 37.1 Å². The molecule has 2 N–H and O–H groups in total. The fourth-order valence-electron chi connectivity index (χ4n) is 3.44. The summed E-state index contributed by atoms with van der Waals surface area (Å²) in [6.07, 6.45) is 0.304. The molecule has 0 bridgehead atoms. The van der Waals surface area contributed by atoms with Crippen LogP contribution in [0.25, 0.3) is 0 Å². The van der Waals surface area contributed by atoms with Gasteiger partial charge in [0, 0.05) is 22.7 Å². The smallest absolute Gasteiger partial charge is 0.230 e. The summed E-state index contributed by atoms with van der Waals surface area (Å²) in [4.78, 5) is 26.2. The molecule has 1 saturated heterocycles. The van der Waals surface area contributed by atoms with E-state index in [4.69, 9.17) is 17.3 Å². The highest BCUT2D eigenvalue weighted by Gasteiger charge is 2.32. The molecule has 1 fully saturated rings. The Bertz CT molecular complexity index is 1110. The van der Waals surface area contributed by atoms with Crippen LogP contribution in [0.4, 0.5) is 14.5 Å². The van der Waals surface area contributed by atoms with Gasteiger partial charge in [0.15, 0.2) is 5.78 Å². The van der Waals surface area contributed by atoms with Gasteiger partial charge in [-0.3, -0.25) is 9.59 Å². The van der Waals surface area contributed by atoms with E-state index < -0.39 is 39.1 Å². The van der Waals surface area contributed by atoms with Crippen LogP contribution in [0.5, 0.6) is 0 Å². The number of halogens is 3. The predicted octanol–water partition coefficient (Wildman–Crippen LogP) is 3.12. The number of nitrogens with two attached hydrogens (primary N) is 1. The molecule has 31 heavy (non-hydrogen) atoms. The highest BCUT2D eigenvalue weighted by atomic mass is 35.5. The van der Waals surface area contributed by atoms with Crippen molar-refractivity contribution >= 4 is 38.8 Å². The van der Waals surface area contributed by atoms with Gasteiger partial charge in [0.05, 0.1) is 29.6 Å². The van der Waals surface area contributed by atoms with Crippen molar-refractivity contribution in [2.45, 2.75) is 19.4 Å². The van der Waals surface area contributed by atoms with Crippen molar-refractivity contribution in [2.24, 2.45) is 11.7 Å². The van der Waals surface area contributed by atoms with Gasteiger partial charge in [0.2, 0.25) is 5.91 Å². The number of sulfone groups is 1. The second-order valence-electron chi connectivity index (χ2n) is 7.38. The van der Waals surface area contributed by atoms with E-state index in [0.29, 0.717) is 0 Å². The molecule has 2 aromatic rings. The Hall–Kier alpha value is -2.36. The lowest BCUT2D eigenvalue weighted by Crippen LogP contribution is -2.39. The van der Waals surface area contributed by atoms with Gasteiger partial charge < -0.3 is 10.6 Å². The van der Waals surface area contributed by atoms with Gasteiger partial charge in [0.25, 0.3) is 0 Å². The average molecular weight is 471 g/mol. The molecule has 2 aromatic carbocycles. The van der Waals surface area contributed by atoms with Crippen LogP contribution in [0.1, 0.15) is 28.8 Å². The van der Waals surface area contributed by atoms with Crippen LogP contribution < -0.4 is 10.6 Å². The minimum Gasteiger partial charge on any atom is -0.324 e. The van der Waals surface area contributed by atoms with Crippen LogP contribution in [-0.2, 0) is 21.2 Å². The molecule has 0 aliphatic carbocycles. The van der Waals surface area contributed by atoms with Crippen LogP contribution in [0, 0.1) is 17.6 Å². The third-order valence-electron chi connectivity index (χ3n) is 5.27. The van der Waals surface area contributed by atoms with E-state index in [-0.39, 0.29) is 59.3 Å². The van der Waals surface area contributed by atoms with Crippen molar-refractivity contribution in [3.05, 3.63) is 64.2 Å². The second kappa shape index (κ2) is 9.42. The molecular weight excluding hydrogens is 450 g/mol.